The summed E-state index contributed by atoms with van der Waals surface area (Å²) >= 11 is 0. The van der Waals surface area contributed by atoms with Gasteiger partial charge < -0.3 is 10.3 Å². The van der Waals surface area contributed by atoms with E-state index in [4.69, 9.17) is 10.3 Å². The Morgan fingerprint density at radius 1 is 1.20 bits per heavy atom. The van der Waals surface area contributed by atoms with Gasteiger partial charge in [-0.3, -0.25) is 0 Å². The normalized spacial score (nSPS) is 10.6. The third kappa shape index (κ3) is 1.87. The third-order valence-corrected chi connectivity index (χ3v) is 1.99. The molecule has 2 aromatic rings. The van der Waals surface area contributed by atoms with Gasteiger partial charge in [0.05, 0.1) is 6.20 Å². The highest BCUT2D eigenvalue weighted by molar-refractivity contribution is 5.60. The van der Waals surface area contributed by atoms with E-state index in [1.54, 1.807) is 0 Å². The molecule has 0 spiro atoms. The summed E-state index contributed by atoms with van der Waals surface area (Å²) in [4.78, 5) is 0. The van der Waals surface area contributed by atoms with E-state index in [1.165, 1.54) is 18.3 Å². The molecular weight excluding hydrogens is 202 g/mol. The lowest BCUT2D eigenvalue weighted by Gasteiger charge is -1.99. The number of aromatic nitrogens is 1. The molecule has 0 aliphatic carbocycles. The summed E-state index contributed by atoms with van der Waals surface area (Å²) in [5, 5.41) is 3.53. The first-order valence-electron chi connectivity index (χ1n) is 4.31. The molecule has 0 saturated heterocycles. The third-order valence-electron chi connectivity index (χ3n) is 1.99. The van der Waals surface area contributed by atoms with E-state index >= 15 is 0 Å². The van der Waals surface area contributed by atoms with Gasteiger partial charge in [0.25, 0.3) is 0 Å². The van der Waals surface area contributed by atoms with Gasteiger partial charge in [-0.1, -0.05) is 5.16 Å². The largest absolute Gasteiger partial charge is 0.356 e. The lowest BCUT2D eigenvalue weighted by atomic mass is 10.1. The van der Waals surface area contributed by atoms with Crippen molar-refractivity contribution in [1.29, 1.82) is 0 Å². The van der Waals surface area contributed by atoms with Crippen molar-refractivity contribution in [3.8, 4) is 11.3 Å². The molecule has 0 bridgehead atoms. The molecule has 0 fully saturated rings. The molecule has 15 heavy (non-hydrogen) atoms. The summed E-state index contributed by atoms with van der Waals surface area (Å²) in [5.41, 5.74) is 6.33. The van der Waals surface area contributed by atoms with Crippen molar-refractivity contribution in [1.82, 2.24) is 5.16 Å². The van der Waals surface area contributed by atoms with E-state index in [9.17, 15) is 8.78 Å². The molecule has 0 atom stereocenters. The Kier molecular flexibility index (Phi) is 2.47. The van der Waals surface area contributed by atoms with Gasteiger partial charge >= 0.3 is 0 Å². The maximum atomic E-state index is 12.9. The predicted molar refractivity (Wildman–Crippen MR) is 49.7 cm³/mol. The number of hydrogen-bond acceptors (Lipinski definition) is 3. The minimum atomic E-state index is -0.663. The van der Waals surface area contributed by atoms with Crippen LogP contribution in [0.4, 0.5) is 8.78 Å². The van der Waals surface area contributed by atoms with E-state index in [0.29, 0.717) is 16.9 Å². The fourth-order valence-corrected chi connectivity index (χ4v) is 1.33. The van der Waals surface area contributed by atoms with E-state index in [0.717, 1.165) is 6.07 Å². The van der Waals surface area contributed by atoms with E-state index < -0.39 is 11.6 Å². The highest BCUT2D eigenvalue weighted by Gasteiger charge is 2.11. The summed E-state index contributed by atoms with van der Waals surface area (Å²) in [6, 6.07) is 3.13. The van der Waals surface area contributed by atoms with Gasteiger partial charge in [-0.05, 0) is 12.1 Å². The molecule has 0 aliphatic heterocycles. The molecule has 1 aromatic carbocycles. The van der Waals surface area contributed by atoms with Crippen LogP contribution in [-0.4, -0.2) is 5.16 Å². The van der Waals surface area contributed by atoms with Crippen LogP contribution >= 0.6 is 0 Å². The van der Waals surface area contributed by atoms with E-state index in [1.807, 2.05) is 0 Å². The monoisotopic (exact) mass is 210 g/mol. The van der Waals surface area contributed by atoms with Gasteiger partial charge in [-0.25, -0.2) is 8.78 Å². The van der Waals surface area contributed by atoms with Crippen LogP contribution in [0.15, 0.2) is 28.9 Å². The Bertz CT molecular complexity index is 462. The molecule has 2 rings (SSSR count). The predicted octanol–water partition coefficient (Wildman–Crippen LogP) is 2.08. The number of nitrogens with two attached hydrogens (primary N) is 1. The number of hydrogen-bond donors (Lipinski definition) is 1. The van der Waals surface area contributed by atoms with Crippen LogP contribution in [0.1, 0.15) is 5.56 Å². The zero-order valence-corrected chi connectivity index (χ0v) is 7.71. The Morgan fingerprint density at radius 3 is 2.47 bits per heavy atom. The average Bonchev–Trinajstić information content (AvgIpc) is 2.63. The van der Waals surface area contributed by atoms with Crippen molar-refractivity contribution in [2.75, 3.05) is 0 Å². The van der Waals surface area contributed by atoms with Crippen LogP contribution in [0.3, 0.4) is 0 Å². The summed E-state index contributed by atoms with van der Waals surface area (Å²) in [6.45, 7) is 0.205. The number of nitrogens with zero attached hydrogens (tertiary/aromatic N) is 1. The van der Waals surface area contributed by atoms with Crippen LogP contribution < -0.4 is 5.73 Å². The van der Waals surface area contributed by atoms with Crippen molar-refractivity contribution >= 4 is 0 Å². The van der Waals surface area contributed by atoms with Crippen molar-refractivity contribution in [2.45, 2.75) is 6.54 Å². The topological polar surface area (TPSA) is 52.0 Å². The van der Waals surface area contributed by atoms with E-state index in [2.05, 4.69) is 5.16 Å². The Balaban J connectivity index is 2.53. The minimum absolute atomic E-state index is 0.205. The van der Waals surface area contributed by atoms with Crippen LogP contribution in [-0.2, 0) is 6.54 Å². The Labute approximate surface area is 84.5 Å². The number of rotatable bonds is 2. The molecule has 0 aliphatic rings. The van der Waals surface area contributed by atoms with Crippen molar-refractivity contribution in [3.05, 3.63) is 41.6 Å². The number of halogens is 2. The lowest BCUT2D eigenvalue weighted by molar-refractivity contribution is 0.431. The first-order chi connectivity index (χ1) is 7.20. The second-order valence-electron chi connectivity index (χ2n) is 3.04. The maximum Gasteiger partial charge on any atom is 0.171 e. The highest BCUT2D eigenvalue weighted by Crippen LogP contribution is 2.24. The molecule has 0 unspecified atom stereocenters. The summed E-state index contributed by atoms with van der Waals surface area (Å²) in [6.07, 6.45) is 1.43. The SMILES string of the molecule is NCc1cnoc1-c1cc(F)cc(F)c1. The lowest BCUT2D eigenvalue weighted by Crippen LogP contribution is -1.96. The minimum Gasteiger partial charge on any atom is -0.356 e. The highest BCUT2D eigenvalue weighted by atomic mass is 19.1. The van der Waals surface area contributed by atoms with Crippen LogP contribution in [0, 0.1) is 11.6 Å². The van der Waals surface area contributed by atoms with Gasteiger partial charge in [0.15, 0.2) is 5.76 Å². The zero-order valence-electron chi connectivity index (χ0n) is 7.71. The Hall–Kier alpha value is -1.75. The van der Waals surface area contributed by atoms with Gasteiger partial charge in [0.1, 0.15) is 11.6 Å². The molecule has 0 radical (unpaired) electrons. The molecule has 0 amide bonds. The van der Waals surface area contributed by atoms with E-state index in [-0.39, 0.29) is 6.54 Å². The molecule has 1 heterocycles. The first kappa shape index (κ1) is 9.79. The summed E-state index contributed by atoms with van der Waals surface area (Å²) in [7, 11) is 0. The molecule has 0 saturated carbocycles. The fraction of sp³-hybridized carbons (Fsp3) is 0.100. The first-order valence-corrected chi connectivity index (χ1v) is 4.31. The fourth-order valence-electron chi connectivity index (χ4n) is 1.33. The second-order valence-corrected chi connectivity index (χ2v) is 3.04. The summed E-state index contributed by atoms with van der Waals surface area (Å²) in [5.74, 6) is -1.02. The average molecular weight is 210 g/mol. The van der Waals surface area contributed by atoms with Crippen molar-refractivity contribution < 1.29 is 13.3 Å². The standard InChI is InChI=1S/C10H8F2N2O/c11-8-1-6(2-9(12)3-8)10-7(4-13)5-14-15-10/h1-3,5H,4,13H2. The molecule has 5 heteroatoms. The number of benzene rings is 1. The van der Waals surface area contributed by atoms with Gasteiger partial charge in [0.2, 0.25) is 0 Å². The van der Waals surface area contributed by atoms with Crippen LogP contribution in [0.5, 0.6) is 0 Å². The molecule has 2 N–H and O–H groups in total. The quantitative estimate of drug-likeness (QED) is 0.825. The molecular formula is C10H8F2N2O. The van der Waals surface area contributed by atoms with Crippen LogP contribution in [0.25, 0.3) is 11.3 Å². The van der Waals surface area contributed by atoms with Crippen LogP contribution in [0.2, 0.25) is 0 Å². The molecule has 78 valence electrons. The molecule has 1 aromatic heterocycles. The van der Waals surface area contributed by atoms with Crippen molar-refractivity contribution in [3.63, 3.8) is 0 Å². The molecule has 3 nitrogen and oxygen atoms in total. The van der Waals surface area contributed by atoms with Gasteiger partial charge in [-0.2, -0.15) is 0 Å². The summed E-state index contributed by atoms with van der Waals surface area (Å²) < 4.78 is 30.7. The second kappa shape index (κ2) is 3.78. The van der Waals surface area contributed by atoms with Gasteiger partial charge in [-0.15, -0.1) is 0 Å². The Morgan fingerprint density at radius 2 is 1.87 bits per heavy atom. The zero-order chi connectivity index (χ0) is 10.8. The van der Waals surface area contributed by atoms with Crippen molar-refractivity contribution in [2.24, 2.45) is 5.73 Å². The van der Waals surface area contributed by atoms with Gasteiger partial charge in [0, 0.05) is 23.7 Å². The smallest absolute Gasteiger partial charge is 0.171 e. The maximum absolute atomic E-state index is 12.9.